The predicted molar refractivity (Wildman–Crippen MR) is 279 cm³/mol. The first-order valence-electron chi connectivity index (χ1n) is 23.0. The summed E-state index contributed by atoms with van der Waals surface area (Å²) in [6.45, 7) is 0. The molecule has 0 bridgehead atoms. The minimum atomic E-state index is 0.485. The highest BCUT2D eigenvalue weighted by Gasteiger charge is 2.22. The first-order chi connectivity index (χ1) is 34.6. The van der Waals surface area contributed by atoms with Crippen LogP contribution in [-0.2, 0) is 0 Å². The summed E-state index contributed by atoms with van der Waals surface area (Å²) in [5, 5.41) is 15.4. The summed E-state index contributed by atoms with van der Waals surface area (Å²) in [4.78, 5) is 29.7. The van der Waals surface area contributed by atoms with Crippen molar-refractivity contribution in [3.8, 4) is 85.8 Å². The number of rotatable bonds is 8. The molecule has 0 aliphatic heterocycles. The fourth-order valence-corrected chi connectivity index (χ4v) is 9.56. The summed E-state index contributed by atoms with van der Waals surface area (Å²) in [7, 11) is 0. The number of fused-ring (bicyclic) bond motifs is 6. The van der Waals surface area contributed by atoms with E-state index in [1.165, 1.54) is 0 Å². The van der Waals surface area contributed by atoms with E-state index in [1.54, 1.807) is 0 Å². The highest BCUT2D eigenvalue weighted by Crippen LogP contribution is 2.41. The van der Waals surface area contributed by atoms with Gasteiger partial charge in [0.15, 0.2) is 34.9 Å². The number of aromatic nitrogens is 8. The van der Waals surface area contributed by atoms with E-state index in [2.05, 4.69) is 94.1 Å². The van der Waals surface area contributed by atoms with Gasteiger partial charge in [-0.3, -0.25) is 0 Å². The maximum Gasteiger partial charge on any atom is 0.164 e. The van der Waals surface area contributed by atoms with Crippen molar-refractivity contribution < 1.29 is 0 Å². The molecule has 13 rings (SSSR count). The number of benzene rings is 9. The molecule has 0 N–H and O–H groups in total. The normalized spacial score (nSPS) is 11.4. The second kappa shape index (κ2) is 16.8. The zero-order valence-corrected chi connectivity index (χ0v) is 37.4. The summed E-state index contributed by atoms with van der Waals surface area (Å²) >= 11 is 0. The average molecular weight is 896 g/mol. The van der Waals surface area contributed by atoms with E-state index < -0.39 is 0 Å². The van der Waals surface area contributed by atoms with Gasteiger partial charge in [0.2, 0.25) is 0 Å². The molecular formula is C61H37N9. The van der Waals surface area contributed by atoms with Crippen molar-refractivity contribution in [3.63, 3.8) is 0 Å². The molecule has 9 aromatic carbocycles. The smallest absolute Gasteiger partial charge is 0.164 e. The van der Waals surface area contributed by atoms with Gasteiger partial charge in [-0.15, -0.1) is 0 Å². The molecule has 0 amide bonds. The number of hydrogen-bond acceptors (Lipinski definition) is 7. The van der Waals surface area contributed by atoms with Crippen LogP contribution >= 0.6 is 0 Å². The van der Waals surface area contributed by atoms with Gasteiger partial charge in [-0.05, 0) is 66.7 Å². The van der Waals surface area contributed by atoms with E-state index >= 15 is 0 Å². The van der Waals surface area contributed by atoms with Gasteiger partial charge < -0.3 is 9.13 Å². The maximum absolute atomic E-state index is 11.0. The van der Waals surface area contributed by atoms with Crippen molar-refractivity contribution in [2.45, 2.75) is 0 Å². The Hall–Kier alpha value is -9.91. The number of nitriles is 1. The Kier molecular flexibility index (Phi) is 9.66. The summed E-state index contributed by atoms with van der Waals surface area (Å²) in [5.74, 6) is 3.43. The van der Waals surface area contributed by atoms with Crippen LogP contribution in [-0.4, -0.2) is 39.0 Å². The van der Waals surface area contributed by atoms with Gasteiger partial charge in [0.1, 0.15) is 6.07 Å². The first kappa shape index (κ1) is 40.4. The van der Waals surface area contributed by atoms with Crippen LogP contribution in [0, 0.1) is 11.3 Å². The van der Waals surface area contributed by atoms with Crippen molar-refractivity contribution in [2.24, 2.45) is 0 Å². The van der Waals surface area contributed by atoms with Gasteiger partial charge in [-0.1, -0.05) is 158 Å². The minimum Gasteiger partial charge on any atom is -0.309 e. The van der Waals surface area contributed by atoms with Crippen LogP contribution < -0.4 is 0 Å². The lowest BCUT2D eigenvalue weighted by molar-refractivity contribution is 1.07. The third-order valence-electron chi connectivity index (χ3n) is 12.9. The zero-order valence-electron chi connectivity index (χ0n) is 37.4. The molecule has 0 radical (unpaired) electrons. The van der Waals surface area contributed by atoms with Gasteiger partial charge in [0, 0.05) is 60.6 Å². The molecule has 0 atom stereocenters. The van der Waals surface area contributed by atoms with Gasteiger partial charge in [-0.2, -0.15) is 5.26 Å². The lowest BCUT2D eigenvalue weighted by atomic mass is 10.1. The summed E-state index contributed by atoms with van der Waals surface area (Å²) in [6, 6.07) is 78.3. The Bertz CT molecular complexity index is 4050. The van der Waals surface area contributed by atoms with Gasteiger partial charge in [-0.25, -0.2) is 29.9 Å². The van der Waals surface area contributed by atoms with Gasteiger partial charge >= 0.3 is 0 Å². The monoisotopic (exact) mass is 895 g/mol. The molecule has 0 aliphatic rings. The van der Waals surface area contributed by atoms with Crippen LogP contribution in [0.5, 0.6) is 0 Å². The number of nitrogens with zero attached hydrogens (tertiary/aromatic N) is 9. The van der Waals surface area contributed by atoms with Gasteiger partial charge in [0.05, 0.1) is 33.3 Å². The van der Waals surface area contributed by atoms with E-state index in [4.69, 9.17) is 29.9 Å². The largest absolute Gasteiger partial charge is 0.309 e. The van der Waals surface area contributed by atoms with E-state index in [-0.39, 0.29) is 0 Å². The lowest BCUT2D eigenvalue weighted by Crippen LogP contribution is -2.02. The highest BCUT2D eigenvalue weighted by molar-refractivity contribution is 6.19. The quantitative estimate of drug-likeness (QED) is 0.149. The predicted octanol–water partition coefficient (Wildman–Crippen LogP) is 14.1. The molecule has 0 spiro atoms. The van der Waals surface area contributed by atoms with Crippen LogP contribution in [0.2, 0.25) is 0 Å². The maximum atomic E-state index is 11.0. The Morgan fingerprint density at radius 3 is 1.09 bits per heavy atom. The molecule has 0 fully saturated rings. The average Bonchev–Trinajstić information content (AvgIpc) is 3.94. The van der Waals surface area contributed by atoms with E-state index in [0.717, 1.165) is 82.8 Å². The Morgan fingerprint density at radius 2 is 0.643 bits per heavy atom. The Labute approximate surface area is 402 Å². The molecule has 9 nitrogen and oxygen atoms in total. The van der Waals surface area contributed by atoms with Crippen LogP contribution in [0.1, 0.15) is 5.56 Å². The van der Waals surface area contributed by atoms with Crippen LogP contribution in [0.4, 0.5) is 0 Å². The third kappa shape index (κ3) is 6.95. The Morgan fingerprint density at radius 1 is 0.286 bits per heavy atom. The summed E-state index contributed by atoms with van der Waals surface area (Å²) in [6.07, 6.45) is 0. The Balaban J connectivity index is 0.960. The summed E-state index contributed by atoms with van der Waals surface area (Å²) < 4.78 is 4.53. The lowest BCUT2D eigenvalue weighted by Gasteiger charge is -2.13. The van der Waals surface area contributed by atoms with E-state index in [1.807, 2.05) is 146 Å². The number of hydrogen-bond donors (Lipinski definition) is 0. The van der Waals surface area contributed by atoms with Crippen LogP contribution in [0.15, 0.2) is 224 Å². The molecule has 13 aromatic rings. The fourth-order valence-electron chi connectivity index (χ4n) is 9.56. The molecule has 4 heterocycles. The fraction of sp³-hybridized carbons (Fsp3) is 0. The van der Waals surface area contributed by atoms with Crippen LogP contribution in [0.25, 0.3) is 123 Å². The van der Waals surface area contributed by atoms with Crippen molar-refractivity contribution in [3.05, 3.63) is 230 Å². The molecular weight excluding hydrogens is 859 g/mol. The molecule has 9 heteroatoms. The van der Waals surface area contributed by atoms with Crippen LogP contribution in [0.3, 0.4) is 0 Å². The topological polar surface area (TPSA) is 111 Å². The minimum absolute atomic E-state index is 0.485. The molecule has 0 saturated heterocycles. The van der Waals surface area contributed by atoms with Crippen molar-refractivity contribution in [1.82, 2.24) is 39.0 Å². The zero-order chi connectivity index (χ0) is 46.5. The van der Waals surface area contributed by atoms with Crippen molar-refractivity contribution in [2.75, 3.05) is 0 Å². The summed E-state index contributed by atoms with van der Waals surface area (Å²) in [5.41, 5.74) is 11.5. The van der Waals surface area contributed by atoms with Crippen molar-refractivity contribution >= 4 is 43.6 Å². The second-order valence-corrected chi connectivity index (χ2v) is 17.1. The highest BCUT2D eigenvalue weighted by atomic mass is 15.1. The molecule has 70 heavy (non-hydrogen) atoms. The molecule has 4 aromatic heterocycles. The molecule has 0 unspecified atom stereocenters. The van der Waals surface area contributed by atoms with E-state index in [0.29, 0.717) is 46.1 Å². The second-order valence-electron chi connectivity index (χ2n) is 17.1. The van der Waals surface area contributed by atoms with Crippen molar-refractivity contribution in [1.29, 1.82) is 5.26 Å². The third-order valence-corrected chi connectivity index (χ3v) is 12.9. The standard InChI is InChI=1S/C61H37N9/c62-38-45-35-44(61-67-58(41-21-9-3-10-22-41)64-59(68-61)42-23-11-4-12-24-42)31-34-51(45)70-53-28-16-14-26-48(53)50-36-49-47-25-13-15-27-52(47)69(54(49)37-55(50)70)46-32-29-43(30-33-46)60-65-56(39-17-5-1-6-18-39)63-57(66-60)40-19-7-2-8-20-40/h1-37H. The van der Waals surface area contributed by atoms with Gasteiger partial charge in [0.25, 0.3) is 0 Å². The van der Waals surface area contributed by atoms with E-state index in [9.17, 15) is 5.26 Å². The molecule has 0 saturated carbocycles. The molecule has 326 valence electrons. The SMILES string of the molecule is N#Cc1cc(-c2nc(-c3ccccc3)nc(-c3ccccc3)n2)ccc1-n1c2ccccc2c2cc3c4ccccc4n(-c4ccc(-c5nc(-c6ccccc6)nc(-c6ccccc6)n5)cc4)c3cc21. The number of para-hydroxylation sites is 2. The molecule has 0 aliphatic carbocycles. The first-order valence-corrected chi connectivity index (χ1v) is 23.0.